The zero-order valence-electron chi connectivity index (χ0n) is 11.8. The number of nitrogens with one attached hydrogen (secondary N) is 1. The molecule has 0 saturated heterocycles. The van der Waals surface area contributed by atoms with Crippen molar-refractivity contribution in [3.05, 3.63) is 39.6 Å². The lowest BCUT2D eigenvalue weighted by Crippen LogP contribution is -2.11. The summed E-state index contributed by atoms with van der Waals surface area (Å²) >= 11 is 1.46. The topological polar surface area (TPSA) is 77.1 Å². The molecule has 1 N–H and O–H groups in total. The van der Waals surface area contributed by atoms with Gasteiger partial charge < -0.3 is 9.47 Å². The van der Waals surface area contributed by atoms with Crippen molar-refractivity contribution in [1.29, 1.82) is 0 Å². The summed E-state index contributed by atoms with van der Waals surface area (Å²) in [5, 5.41) is 0.592. The molecule has 0 bridgehead atoms. The number of aryl methyl sites for hydroxylation is 1. The van der Waals surface area contributed by atoms with Crippen molar-refractivity contribution >= 4 is 11.8 Å². The van der Waals surface area contributed by atoms with E-state index in [-0.39, 0.29) is 5.56 Å². The van der Waals surface area contributed by atoms with Gasteiger partial charge in [-0.15, -0.1) is 0 Å². The summed E-state index contributed by atoms with van der Waals surface area (Å²) in [6, 6.07) is 1.83. The average Bonchev–Trinajstić information content (AvgIpc) is 2.94. The summed E-state index contributed by atoms with van der Waals surface area (Å²) in [5.41, 5.74) is 2.43. The SMILES string of the molecule is COc1ccnc(C)c1CSc1nc2c(c(=O)[nH]1)OCC2. The molecule has 0 aromatic carbocycles. The number of H-pyrrole nitrogens is 1. The zero-order valence-corrected chi connectivity index (χ0v) is 12.6. The van der Waals surface area contributed by atoms with Crippen LogP contribution in [0.2, 0.25) is 0 Å². The van der Waals surface area contributed by atoms with Gasteiger partial charge in [-0.2, -0.15) is 0 Å². The first-order chi connectivity index (χ1) is 10.2. The first kappa shape index (κ1) is 13.9. The molecule has 3 rings (SSSR count). The van der Waals surface area contributed by atoms with Crippen LogP contribution in [0.5, 0.6) is 11.5 Å². The Bertz CT molecular complexity index is 730. The lowest BCUT2D eigenvalue weighted by atomic mass is 10.2. The van der Waals surface area contributed by atoms with Crippen LogP contribution in [0.1, 0.15) is 17.0 Å². The van der Waals surface area contributed by atoms with E-state index >= 15 is 0 Å². The van der Waals surface area contributed by atoms with Crippen LogP contribution in [0.4, 0.5) is 0 Å². The fraction of sp³-hybridized carbons (Fsp3) is 0.357. The van der Waals surface area contributed by atoms with E-state index in [9.17, 15) is 4.79 Å². The van der Waals surface area contributed by atoms with E-state index in [2.05, 4.69) is 15.0 Å². The van der Waals surface area contributed by atoms with E-state index in [1.165, 1.54) is 11.8 Å². The van der Waals surface area contributed by atoms with E-state index < -0.39 is 0 Å². The number of methoxy groups -OCH3 is 1. The smallest absolute Gasteiger partial charge is 0.294 e. The third kappa shape index (κ3) is 2.73. The standard InChI is InChI=1S/C14H15N3O3S/c1-8-9(11(19-2)3-5-15-8)7-21-14-16-10-4-6-20-12(10)13(18)17-14/h3,5H,4,6-7H2,1-2H3,(H,16,17,18). The minimum atomic E-state index is -0.213. The van der Waals surface area contributed by atoms with Crippen LogP contribution in [0, 0.1) is 6.92 Å². The second-order valence-electron chi connectivity index (χ2n) is 4.61. The van der Waals surface area contributed by atoms with Crippen molar-refractivity contribution in [3.8, 4) is 11.5 Å². The highest BCUT2D eigenvalue weighted by molar-refractivity contribution is 7.98. The normalized spacial score (nSPS) is 12.9. The second kappa shape index (κ2) is 5.77. The van der Waals surface area contributed by atoms with Crippen molar-refractivity contribution < 1.29 is 9.47 Å². The maximum absolute atomic E-state index is 11.9. The van der Waals surface area contributed by atoms with Crippen LogP contribution >= 0.6 is 11.8 Å². The first-order valence-electron chi connectivity index (χ1n) is 6.56. The predicted octanol–water partition coefficient (Wildman–Crippen LogP) is 1.71. The molecular weight excluding hydrogens is 290 g/mol. The number of thioether (sulfide) groups is 1. The van der Waals surface area contributed by atoms with Crippen molar-refractivity contribution in [1.82, 2.24) is 15.0 Å². The number of aromatic amines is 1. The summed E-state index contributed by atoms with van der Waals surface area (Å²) in [6.07, 6.45) is 2.40. The largest absolute Gasteiger partial charge is 0.496 e. The molecule has 1 aliphatic heterocycles. The molecule has 0 radical (unpaired) electrons. The molecule has 110 valence electrons. The highest BCUT2D eigenvalue weighted by Gasteiger charge is 2.19. The van der Waals surface area contributed by atoms with Crippen LogP contribution in [0.3, 0.4) is 0 Å². The summed E-state index contributed by atoms with van der Waals surface area (Å²) < 4.78 is 10.6. The maximum atomic E-state index is 11.9. The third-order valence-electron chi connectivity index (χ3n) is 3.31. The van der Waals surface area contributed by atoms with Gasteiger partial charge in [0.1, 0.15) is 5.75 Å². The second-order valence-corrected chi connectivity index (χ2v) is 5.58. The van der Waals surface area contributed by atoms with Gasteiger partial charge in [0.05, 0.1) is 19.4 Å². The van der Waals surface area contributed by atoms with Gasteiger partial charge in [0, 0.05) is 29.6 Å². The summed E-state index contributed by atoms with van der Waals surface area (Å²) in [4.78, 5) is 23.3. The van der Waals surface area contributed by atoms with Gasteiger partial charge in [0.25, 0.3) is 5.56 Å². The fourth-order valence-corrected chi connectivity index (χ4v) is 3.18. The Kier molecular flexibility index (Phi) is 3.83. The molecule has 3 heterocycles. The maximum Gasteiger partial charge on any atom is 0.294 e. The minimum Gasteiger partial charge on any atom is -0.496 e. The molecule has 6 nitrogen and oxygen atoms in total. The molecular formula is C14H15N3O3S. The molecule has 0 amide bonds. The van der Waals surface area contributed by atoms with Gasteiger partial charge in [0.2, 0.25) is 5.75 Å². The quantitative estimate of drug-likeness (QED) is 0.684. The Morgan fingerprint density at radius 1 is 1.52 bits per heavy atom. The zero-order chi connectivity index (χ0) is 14.8. The van der Waals surface area contributed by atoms with E-state index in [0.717, 1.165) is 22.7 Å². The lowest BCUT2D eigenvalue weighted by molar-refractivity contribution is 0.352. The Morgan fingerprint density at radius 2 is 2.38 bits per heavy atom. The van der Waals surface area contributed by atoms with E-state index in [1.807, 2.05) is 13.0 Å². The van der Waals surface area contributed by atoms with E-state index in [1.54, 1.807) is 13.3 Å². The number of fused-ring (bicyclic) bond motifs is 1. The highest BCUT2D eigenvalue weighted by atomic mass is 32.2. The number of hydrogen-bond acceptors (Lipinski definition) is 6. The van der Waals surface area contributed by atoms with Crippen LogP contribution < -0.4 is 15.0 Å². The molecule has 0 saturated carbocycles. The Morgan fingerprint density at radius 3 is 3.19 bits per heavy atom. The van der Waals surface area contributed by atoms with Crippen LogP contribution in [-0.2, 0) is 12.2 Å². The molecule has 0 atom stereocenters. The highest BCUT2D eigenvalue weighted by Crippen LogP contribution is 2.28. The predicted molar refractivity (Wildman–Crippen MR) is 79.1 cm³/mol. The van der Waals surface area contributed by atoms with E-state index in [4.69, 9.17) is 9.47 Å². The molecule has 2 aromatic rings. The number of pyridine rings is 1. The van der Waals surface area contributed by atoms with Gasteiger partial charge in [-0.3, -0.25) is 14.8 Å². The molecule has 0 unspecified atom stereocenters. The van der Waals surface area contributed by atoms with Crippen LogP contribution in [-0.4, -0.2) is 28.7 Å². The number of rotatable bonds is 4. The minimum absolute atomic E-state index is 0.213. The first-order valence-corrected chi connectivity index (χ1v) is 7.55. The van der Waals surface area contributed by atoms with Crippen molar-refractivity contribution in [2.75, 3.05) is 13.7 Å². The molecule has 7 heteroatoms. The van der Waals surface area contributed by atoms with Gasteiger partial charge in [-0.05, 0) is 13.0 Å². The number of nitrogens with zero attached hydrogens (tertiary/aromatic N) is 2. The molecule has 2 aromatic heterocycles. The van der Waals surface area contributed by atoms with E-state index in [0.29, 0.717) is 29.7 Å². The molecule has 0 aliphatic carbocycles. The van der Waals surface area contributed by atoms with Gasteiger partial charge >= 0.3 is 0 Å². The number of aromatic nitrogens is 3. The monoisotopic (exact) mass is 305 g/mol. The summed E-state index contributed by atoms with van der Waals surface area (Å²) in [7, 11) is 1.63. The number of ether oxygens (including phenoxy) is 2. The summed E-state index contributed by atoms with van der Waals surface area (Å²) in [6.45, 7) is 2.46. The Balaban J connectivity index is 1.83. The van der Waals surface area contributed by atoms with Crippen molar-refractivity contribution in [3.63, 3.8) is 0 Å². The van der Waals surface area contributed by atoms with Gasteiger partial charge in [-0.1, -0.05) is 11.8 Å². The van der Waals surface area contributed by atoms with Gasteiger partial charge in [0.15, 0.2) is 5.16 Å². The van der Waals surface area contributed by atoms with Crippen LogP contribution in [0.25, 0.3) is 0 Å². The van der Waals surface area contributed by atoms with Gasteiger partial charge in [-0.25, -0.2) is 4.98 Å². The van der Waals surface area contributed by atoms with Crippen molar-refractivity contribution in [2.24, 2.45) is 0 Å². The van der Waals surface area contributed by atoms with Crippen molar-refractivity contribution in [2.45, 2.75) is 24.3 Å². The third-order valence-corrected chi connectivity index (χ3v) is 4.21. The lowest BCUT2D eigenvalue weighted by Gasteiger charge is -2.10. The fourth-order valence-electron chi connectivity index (χ4n) is 2.20. The molecule has 0 spiro atoms. The van der Waals surface area contributed by atoms with Crippen LogP contribution in [0.15, 0.2) is 22.2 Å². The molecule has 21 heavy (non-hydrogen) atoms. The Hall–Kier alpha value is -2.02. The number of hydrogen-bond donors (Lipinski definition) is 1. The summed E-state index contributed by atoms with van der Waals surface area (Å²) in [5.74, 6) is 1.78. The Labute approximate surface area is 125 Å². The molecule has 0 fully saturated rings. The molecule has 1 aliphatic rings. The average molecular weight is 305 g/mol.